The molecule has 1 aromatic carbocycles. The molecular weight excluding hydrogens is 294 g/mol. The molecule has 126 valence electrons. The zero-order chi connectivity index (χ0) is 17.0. The maximum Gasteiger partial charge on any atom is 0.317 e. The summed E-state index contributed by atoms with van der Waals surface area (Å²) in [6.45, 7) is 6.15. The Balaban J connectivity index is 2.09. The van der Waals surface area contributed by atoms with E-state index in [1.165, 1.54) is 0 Å². The first-order chi connectivity index (χ1) is 10.9. The Hall–Kier alpha value is -1.88. The van der Waals surface area contributed by atoms with Gasteiger partial charge in [0.15, 0.2) is 5.78 Å². The highest BCUT2D eigenvalue weighted by molar-refractivity contribution is 6.03. The van der Waals surface area contributed by atoms with Crippen LogP contribution in [0.4, 0.5) is 0 Å². The molecule has 5 heteroatoms. The molecule has 0 radical (unpaired) electrons. The van der Waals surface area contributed by atoms with E-state index in [-0.39, 0.29) is 18.4 Å². The van der Waals surface area contributed by atoms with Crippen LogP contribution in [-0.2, 0) is 20.7 Å². The lowest BCUT2D eigenvalue weighted by atomic mass is 9.70. The highest BCUT2D eigenvalue weighted by Crippen LogP contribution is 2.32. The van der Waals surface area contributed by atoms with Gasteiger partial charge in [0.1, 0.15) is 11.7 Å². The van der Waals surface area contributed by atoms with Gasteiger partial charge in [0.05, 0.1) is 13.7 Å². The average Bonchev–Trinajstić information content (AvgIpc) is 2.53. The van der Waals surface area contributed by atoms with Gasteiger partial charge >= 0.3 is 5.97 Å². The summed E-state index contributed by atoms with van der Waals surface area (Å²) >= 11 is 0. The molecule has 0 unspecified atom stereocenters. The van der Waals surface area contributed by atoms with Gasteiger partial charge in [-0.15, -0.1) is 0 Å². The van der Waals surface area contributed by atoms with Crippen LogP contribution in [0.2, 0.25) is 0 Å². The van der Waals surface area contributed by atoms with Crippen molar-refractivity contribution in [3.05, 3.63) is 29.8 Å². The number of methoxy groups -OCH3 is 1. The molecule has 1 saturated heterocycles. The van der Waals surface area contributed by atoms with Gasteiger partial charge in [-0.25, -0.2) is 0 Å². The number of ether oxygens (including phenoxy) is 2. The van der Waals surface area contributed by atoms with E-state index < -0.39 is 17.3 Å². The molecule has 0 aliphatic carbocycles. The summed E-state index contributed by atoms with van der Waals surface area (Å²) in [6.07, 6.45) is 0.721. The summed E-state index contributed by atoms with van der Waals surface area (Å²) in [5.41, 5.74) is 0.494. The van der Waals surface area contributed by atoms with Gasteiger partial charge < -0.3 is 14.8 Å². The van der Waals surface area contributed by atoms with Crippen molar-refractivity contribution in [3.8, 4) is 5.75 Å². The molecule has 1 fully saturated rings. The van der Waals surface area contributed by atoms with Crippen molar-refractivity contribution in [1.82, 2.24) is 5.32 Å². The van der Waals surface area contributed by atoms with E-state index in [9.17, 15) is 9.59 Å². The first kappa shape index (κ1) is 17.5. The lowest BCUT2D eigenvalue weighted by Crippen LogP contribution is -2.59. The van der Waals surface area contributed by atoms with E-state index in [0.717, 1.165) is 17.7 Å². The van der Waals surface area contributed by atoms with Crippen molar-refractivity contribution in [2.24, 2.45) is 11.3 Å². The number of rotatable bonds is 5. The standard InChI is InChI=1S/C18H25NO4/c1-5-23-17(21)14-11-19-15(18(2,3)16(14)20)10-12-6-8-13(22-4)9-7-12/h6-9,14-15,19H,5,10-11H2,1-4H3/t14-,15+/m0/s1. The average molecular weight is 319 g/mol. The van der Waals surface area contributed by atoms with E-state index in [2.05, 4.69) is 5.32 Å². The van der Waals surface area contributed by atoms with Crippen LogP contribution in [0.5, 0.6) is 5.75 Å². The summed E-state index contributed by atoms with van der Waals surface area (Å²) in [6, 6.07) is 7.80. The number of benzene rings is 1. The van der Waals surface area contributed by atoms with Crippen LogP contribution in [0.1, 0.15) is 26.3 Å². The number of hydrogen-bond donors (Lipinski definition) is 1. The number of hydrogen-bond acceptors (Lipinski definition) is 5. The van der Waals surface area contributed by atoms with Crippen LogP contribution in [0.15, 0.2) is 24.3 Å². The third-order valence-corrected chi connectivity index (χ3v) is 4.56. The summed E-state index contributed by atoms with van der Waals surface area (Å²) < 4.78 is 10.2. The van der Waals surface area contributed by atoms with E-state index in [0.29, 0.717) is 6.54 Å². The van der Waals surface area contributed by atoms with Crippen LogP contribution in [-0.4, -0.2) is 38.1 Å². The van der Waals surface area contributed by atoms with Crippen LogP contribution >= 0.6 is 0 Å². The number of carbonyl (C=O) groups excluding carboxylic acids is 2. The Kier molecular flexibility index (Phi) is 5.42. The lowest BCUT2D eigenvalue weighted by Gasteiger charge is -2.41. The Bertz CT molecular complexity index is 565. The van der Waals surface area contributed by atoms with Gasteiger partial charge in [-0.3, -0.25) is 9.59 Å². The van der Waals surface area contributed by atoms with Gasteiger partial charge in [-0.2, -0.15) is 0 Å². The predicted molar refractivity (Wildman–Crippen MR) is 87.4 cm³/mol. The molecule has 0 spiro atoms. The topological polar surface area (TPSA) is 64.6 Å². The highest BCUT2D eigenvalue weighted by Gasteiger charge is 2.47. The van der Waals surface area contributed by atoms with Crippen LogP contribution in [0, 0.1) is 11.3 Å². The van der Waals surface area contributed by atoms with Crippen molar-refractivity contribution in [3.63, 3.8) is 0 Å². The van der Waals surface area contributed by atoms with Crippen LogP contribution in [0.3, 0.4) is 0 Å². The van der Waals surface area contributed by atoms with Crippen molar-refractivity contribution in [2.45, 2.75) is 33.2 Å². The maximum atomic E-state index is 12.7. The molecule has 1 aliphatic heterocycles. The minimum Gasteiger partial charge on any atom is -0.497 e. The third-order valence-electron chi connectivity index (χ3n) is 4.56. The Morgan fingerprint density at radius 1 is 1.30 bits per heavy atom. The zero-order valence-electron chi connectivity index (χ0n) is 14.2. The van der Waals surface area contributed by atoms with Crippen molar-refractivity contribution in [2.75, 3.05) is 20.3 Å². The summed E-state index contributed by atoms with van der Waals surface area (Å²) in [4.78, 5) is 24.6. The fourth-order valence-corrected chi connectivity index (χ4v) is 2.99. The highest BCUT2D eigenvalue weighted by atomic mass is 16.5. The van der Waals surface area contributed by atoms with E-state index in [1.807, 2.05) is 38.1 Å². The number of esters is 1. The predicted octanol–water partition coefficient (Wildman–Crippen LogP) is 1.98. The molecule has 1 aromatic rings. The maximum absolute atomic E-state index is 12.7. The number of ketones is 1. The second-order valence-electron chi connectivity index (χ2n) is 6.40. The molecule has 2 atom stereocenters. The van der Waals surface area contributed by atoms with Gasteiger partial charge in [0.2, 0.25) is 0 Å². The van der Waals surface area contributed by atoms with E-state index in [4.69, 9.17) is 9.47 Å². The molecule has 1 N–H and O–H groups in total. The van der Waals surface area contributed by atoms with Gasteiger partial charge in [-0.1, -0.05) is 26.0 Å². The molecule has 23 heavy (non-hydrogen) atoms. The fourth-order valence-electron chi connectivity index (χ4n) is 2.99. The molecule has 0 aromatic heterocycles. The monoisotopic (exact) mass is 319 g/mol. The Morgan fingerprint density at radius 3 is 2.52 bits per heavy atom. The first-order valence-electron chi connectivity index (χ1n) is 7.97. The Labute approximate surface area is 137 Å². The first-order valence-corrected chi connectivity index (χ1v) is 7.97. The summed E-state index contributed by atoms with van der Waals surface area (Å²) in [5, 5.41) is 3.35. The Morgan fingerprint density at radius 2 is 1.96 bits per heavy atom. The number of carbonyl (C=O) groups is 2. The lowest BCUT2D eigenvalue weighted by molar-refractivity contribution is -0.156. The van der Waals surface area contributed by atoms with E-state index >= 15 is 0 Å². The van der Waals surface area contributed by atoms with Crippen LogP contribution < -0.4 is 10.1 Å². The van der Waals surface area contributed by atoms with Gasteiger partial charge in [-0.05, 0) is 31.0 Å². The molecule has 0 amide bonds. The molecule has 1 aliphatic rings. The fraction of sp³-hybridized carbons (Fsp3) is 0.556. The number of Topliss-reactive ketones (excluding diaryl/α,β-unsaturated/α-hetero) is 1. The largest absolute Gasteiger partial charge is 0.497 e. The number of nitrogens with one attached hydrogen (secondary N) is 1. The summed E-state index contributed by atoms with van der Waals surface area (Å²) in [7, 11) is 1.63. The smallest absolute Gasteiger partial charge is 0.317 e. The molecule has 1 heterocycles. The quantitative estimate of drug-likeness (QED) is 0.664. The molecule has 0 saturated carbocycles. The normalized spacial score (nSPS) is 23.4. The van der Waals surface area contributed by atoms with Gasteiger partial charge in [0.25, 0.3) is 0 Å². The van der Waals surface area contributed by atoms with Crippen molar-refractivity contribution < 1.29 is 19.1 Å². The van der Waals surface area contributed by atoms with E-state index in [1.54, 1.807) is 14.0 Å². The van der Waals surface area contributed by atoms with Crippen LogP contribution in [0.25, 0.3) is 0 Å². The van der Waals surface area contributed by atoms with Crippen molar-refractivity contribution >= 4 is 11.8 Å². The zero-order valence-corrected chi connectivity index (χ0v) is 14.2. The SMILES string of the molecule is CCOC(=O)[C@H]1CN[C@H](Cc2ccc(OC)cc2)C(C)(C)C1=O. The summed E-state index contributed by atoms with van der Waals surface area (Å²) in [5.74, 6) is -0.380. The minimum atomic E-state index is -0.711. The second-order valence-corrected chi connectivity index (χ2v) is 6.40. The number of piperidine rings is 1. The molecule has 0 bridgehead atoms. The second kappa shape index (κ2) is 7.13. The molecule has 5 nitrogen and oxygen atoms in total. The minimum absolute atomic E-state index is 0.0194. The third kappa shape index (κ3) is 3.72. The van der Waals surface area contributed by atoms with Gasteiger partial charge in [0, 0.05) is 18.0 Å². The van der Waals surface area contributed by atoms with Crippen molar-refractivity contribution in [1.29, 1.82) is 0 Å². The molecule has 2 rings (SSSR count). The molecular formula is C18H25NO4.